The van der Waals surface area contributed by atoms with Crippen molar-refractivity contribution in [1.29, 1.82) is 0 Å². The van der Waals surface area contributed by atoms with Gasteiger partial charge in [-0.05, 0) is 48.9 Å². The fourth-order valence-electron chi connectivity index (χ4n) is 1.98. The fourth-order valence-corrected chi connectivity index (χ4v) is 1.98. The van der Waals surface area contributed by atoms with Gasteiger partial charge in [-0.15, -0.1) is 0 Å². The van der Waals surface area contributed by atoms with Gasteiger partial charge in [0.2, 0.25) is 0 Å². The first-order chi connectivity index (χ1) is 11.1. The second-order valence-electron chi connectivity index (χ2n) is 4.80. The number of carboxylic acid groups (broad SMARTS) is 1. The third kappa shape index (κ3) is 5.35. The molecule has 120 valence electrons. The Hall–Kier alpha value is -3.02. The van der Waals surface area contributed by atoms with E-state index in [2.05, 4.69) is 10.6 Å². The summed E-state index contributed by atoms with van der Waals surface area (Å²) in [6.45, 7) is 2.49. The average Bonchev–Trinajstić information content (AvgIpc) is 2.51. The molecule has 2 aromatic carbocycles. The van der Waals surface area contributed by atoms with Crippen LogP contribution in [0.2, 0.25) is 0 Å². The molecule has 0 unspecified atom stereocenters. The van der Waals surface area contributed by atoms with Crippen molar-refractivity contribution in [2.24, 2.45) is 0 Å². The molecule has 0 radical (unpaired) electrons. The molecule has 0 spiro atoms. The molecule has 0 aliphatic heterocycles. The Bertz CT molecular complexity index is 666. The molecular weight excluding hydrogens is 296 g/mol. The predicted molar refractivity (Wildman–Crippen MR) is 88.0 cm³/mol. The van der Waals surface area contributed by atoms with Gasteiger partial charge in [-0.2, -0.15) is 0 Å². The maximum absolute atomic E-state index is 11.9. The van der Waals surface area contributed by atoms with Crippen LogP contribution in [0, 0.1) is 0 Å². The number of benzene rings is 2. The van der Waals surface area contributed by atoms with E-state index >= 15 is 0 Å². The minimum Gasteiger partial charge on any atom is -0.494 e. The Morgan fingerprint density at radius 3 is 1.96 bits per heavy atom. The van der Waals surface area contributed by atoms with Gasteiger partial charge in [0.15, 0.2) is 0 Å². The van der Waals surface area contributed by atoms with Gasteiger partial charge in [0.1, 0.15) is 5.75 Å². The zero-order valence-electron chi connectivity index (χ0n) is 12.7. The second kappa shape index (κ2) is 7.84. The Morgan fingerprint density at radius 1 is 0.957 bits per heavy atom. The van der Waals surface area contributed by atoms with E-state index in [1.165, 1.54) is 0 Å². The summed E-state index contributed by atoms with van der Waals surface area (Å²) >= 11 is 0. The smallest absolute Gasteiger partial charge is 0.323 e. The summed E-state index contributed by atoms with van der Waals surface area (Å²) in [7, 11) is 0. The van der Waals surface area contributed by atoms with Crippen molar-refractivity contribution < 1.29 is 19.4 Å². The standard InChI is InChI=1S/C17H18N2O4/c1-2-23-15-9-7-14(8-10-15)19-17(22)18-13-5-3-12(4-6-13)11-16(20)21/h3-10H,2,11H2,1H3,(H,20,21)(H2,18,19,22). The van der Waals surface area contributed by atoms with E-state index in [0.717, 1.165) is 5.75 Å². The highest BCUT2D eigenvalue weighted by Crippen LogP contribution is 2.16. The molecule has 0 saturated carbocycles. The van der Waals surface area contributed by atoms with Crippen molar-refractivity contribution in [3.05, 3.63) is 54.1 Å². The summed E-state index contributed by atoms with van der Waals surface area (Å²) in [5.41, 5.74) is 1.91. The first kappa shape index (κ1) is 16.4. The molecule has 0 atom stereocenters. The lowest BCUT2D eigenvalue weighted by Gasteiger charge is -2.09. The molecule has 0 bridgehead atoms. The fraction of sp³-hybridized carbons (Fsp3) is 0.176. The highest BCUT2D eigenvalue weighted by Gasteiger charge is 2.04. The van der Waals surface area contributed by atoms with Crippen LogP contribution in [0.15, 0.2) is 48.5 Å². The zero-order valence-corrected chi connectivity index (χ0v) is 12.7. The molecule has 0 heterocycles. The van der Waals surface area contributed by atoms with Gasteiger partial charge in [-0.25, -0.2) is 4.79 Å². The molecular formula is C17H18N2O4. The quantitative estimate of drug-likeness (QED) is 0.763. The Kier molecular flexibility index (Phi) is 5.57. The summed E-state index contributed by atoms with van der Waals surface area (Å²) in [6.07, 6.45) is -0.0430. The molecule has 0 aliphatic carbocycles. The lowest BCUT2D eigenvalue weighted by molar-refractivity contribution is -0.136. The summed E-state index contributed by atoms with van der Waals surface area (Å²) in [5.74, 6) is -0.147. The first-order valence-corrected chi connectivity index (χ1v) is 7.18. The monoisotopic (exact) mass is 314 g/mol. The summed E-state index contributed by atoms with van der Waals surface area (Å²) in [5, 5.41) is 14.1. The van der Waals surface area contributed by atoms with Crippen LogP contribution < -0.4 is 15.4 Å². The number of nitrogens with one attached hydrogen (secondary N) is 2. The van der Waals surface area contributed by atoms with Crippen LogP contribution in [0.1, 0.15) is 12.5 Å². The molecule has 0 saturated heterocycles. The Labute approximate surface area is 134 Å². The van der Waals surface area contributed by atoms with Crippen molar-refractivity contribution in [2.75, 3.05) is 17.2 Å². The van der Waals surface area contributed by atoms with Crippen LogP contribution in [-0.4, -0.2) is 23.7 Å². The summed E-state index contributed by atoms with van der Waals surface area (Å²) < 4.78 is 5.33. The SMILES string of the molecule is CCOc1ccc(NC(=O)Nc2ccc(CC(=O)O)cc2)cc1. The van der Waals surface area contributed by atoms with Crippen molar-refractivity contribution in [3.8, 4) is 5.75 Å². The lowest BCUT2D eigenvalue weighted by atomic mass is 10.1. The van der Waals surface area contributed by atoms with Crippen LogP contribution in [0.5, 0.6) is 5.75 Å². The van der Waals surface area contributed by atoms with Gasteiger partial charge >= 0.3 is 12.0 Å². The van der Waals surface area contributed by atoms with E-state index in [1.54, 1.807) is 48.5 Å². The van der Waals surface area contributed by atoms with E-state index in [0.29, 0.717) is 23.5 Å². The van der Waals surface area contributed by atoms with Crippen molar-refractivity contribution in [1.82, 2.24) is 0 Å². The molecule has 6 nitrogen and oxygen atoms in total. The van der Waals surface area contributed by atoms with Crippen LogP contribution in [0.3, 0.4) is 0 Å². The molecule has 6 heteroatoms. The molecule has 3 N–H and O–H groups in total. The number of hydrogen-bond donors (Lipinski definition) is 3. The molecule has 0 aromatic heterocycles. The molecule has 0 aliphatic rings. The van der Waals surface area contributed by atoms with Gasteiger partial charge in [0, 0.05) is 11.4 Å². The summed E-state index contributed by atoms with van der Waals surface area (Å²) in [6, 6.07) is 13.3. The number of rotatable bonds is 6. The number of urea groups is 1. The highest BCUT2D eigenvalue weighted by molar-refractivity contribution is 5.99. The van der Waals surface area contributed by atoms with Crippen molar-refractivity contribution in [3.63, 3.8) is 0 Å². The van der Waals surface area contributed by atoms with Crippen molar-refractivity contribution >= 4 is 23.4 Å². The lowest BCUT2D eigenvalue weighted by Crippen LogP contribution is -2.19. The van der Waals surface area contributed by atoms with Gasteiger partial charge < -0.3 is 20.5 Å². The average molecular weight is 314 g/mol. The minimum absolute atomic E-state index is 0.0430. The second-order valence-corrected chi connectivity index (χ2v) is 4.80. The van der Waals surface area contributed by atoms with Crippen LogP contribution in [-0.2, 0) is 11.2 Å². The van der Waals surface area contributed by atoms with E-state index < -0.39 is 5.97 Å². The predicted octanol–water partition coefficient (Wildman–Crippen LogP) is 3.36. The Morgan fingerprint density at radius 2 is 1.48 bits per heavy atom. The van der Waals surface area contributed by atoms with Crippen LogP contribution in [0.25, 0.3) is 0 Å². The topological polar surface area (TPSA) is 87.7 Å². The molecule has 0 fully saturated rings. The van der Waals surface area contributed by atoms with E-state index in [4.69, 9.17) is 9.84 Å². The molecule has 2 rings (SSSR count). The van der Waals surface area contributed by atoms with Crippen molar-refractivity contribution in [2.45, 2.75) is 13.3 Å². The number of anilines is 2. The number of carboxylic acids is 1. The van der Waals surface area contributed by atoms with Gasteiger partial charge in [0.25, 0.3) is 0 Å². The number of amides is 2. The number of carbonyl (C=O) groups excluding carboxylic acids is 1. The largest absolute Gasteiger partial charge is 0.494 e. The zero-order chi connectivity index (χ0) is 16.7. The maximum Gasteiger partial charge on any atom is 0.323 e. The van der Waals surface area contributed by atoms with Gasteiger partial charge in [-0.3, -0.25) is 4.79 Å². The number of carbonyl (C=O) groups is 2. The minimum atomic E-state index is -0.890. The van der Waals surface area contributed by atoms with Crippen LogP contribution in [0.4, 0.5) is 16.2 Å². The van der Waals surface area contributed by atoms with Gasteiger partial charge in [0.05, 0.1) is 13.0 Å². The van der Waals surface area contributed by atoms with E-state index in [1.807, 2.05) is 6.92 Å². The maximum atomic E-state index is 11.9. The number of hydrogen-bond acceptors (Lipinski definition) is 3. The van der Waals surface area contributed by atoms with Gasteiger partial charge in [-0.1, -0.05) is 12.1 Å². The Balaban J connectivity index is 1.90. The highest BCUT2D eigenvalue weighted by atomic mass is 16.5. The number of ether oxygens (including phenoxy) is 1. The normalized spacial score (nSPS) is 9.96. The molecule has 2 aromatic rings. The van der Waals surface area contributed by atoms with Crippen LogP contribution >= 0.6 is 0 Å². The third-order valence-electron chi connectivity index (χ3n) is 2.99. The summed E-state index contributed by atoms with van der Waals surface area (Å²) in [4.78, 5) is 22.5. The molecule has 23 heavy (non-hydrogen) atoms. The third-order valence-corrected chi connectivity index (χ3v) is 2.99. The number of aliphatic carboxylic acids is 1. The van der Waals surface area contributed by atoms with E-state index in [9.17, 15) is 9.59 Å². The van der Waals surface area contributed by atoms with E-state index in [-0.39, 0.29) is 12.5 Å². The first-order valence-electron chi connectivity index (χ1n) is 7.18. The molecule has 2 amide bonds.